The van der Waals surface area contributed by atoms with E-state index in [0.717, 1.165) is 29.4 Å². The van der Waals surface area contributed by atoms with Crippen molar-refractivity contribution in [1.29, 1.82) is 0 Å². The van der Waals surface area contributed by atoms with Gasteiger partial charge in [-0.2, -0.15) is 0 Å². The fourth-order valence-corrected chi connectivity index (χ4v) is 5.50. The van der Waals surface area contributed by atoms with Gasteiger partial charge in [0.05, 0.1) is 11.0 Å². The van der Waals surface area contributed by atoms with Crippen molar-refractivity contribution in [3.63, 3.8) is 0 Å². The second-order valence-electron chi connectivity index (χ2n) is 9.92. The molecule has 0 saturated heterocycles. The van der Waals surface area contributed by atoms with Crippen molar-refractivity contribution in [3.8, 4) is 5.75 Å². The molecule has 33 heavy (non-hydrogen) atoms. The van der Waals surface area contributed by atoms with Gasteiger partial charge in [-0.25, -0.2) is 4.79 Å². The molecular formula is C27H37N3O3. The lowest BCUT2D eigenvalue weighted by atomic mass is 9.69. The van der Waals surface area contributed by atoms with E-state index in [-0.39, 0.29) is 11.6 Å². The van der Waals surface area contributed by atoms with Crippen molar-refractivity contribution in [1.82, 2.24) is 9.13 Å². The van der Waals surface area contributed by atoms with Gasteiger partial charge in [-0.15, -0.1) is 0 Å². The summed E-state index contributed by atoms with van der Waals surface area (Å²) in [5, 5.41) is 11.6. The number of aliphatic hydroxyl groups excluding tert-OH is 1. The maximum atomic E-state index is 13.5. The summed E-state index contributed by atoms with van der Waals surface area (Å²) in [5.74, 6) is 2.14. The van der Waals surface area contributed by atoms with Gasteiger partial charge >= 0.3 is 5.69 Å². The van der Waals surface area contributed by atoms with Gasteiger partial charge in [0.1, 0.15) is 18.6 Å². The van der Waals surface area contributed by atoms with Gasteiger partial charge in [0.2, 0.25) is 0 Å². The van der Waals surface area contributed by atoms with Gasteiger partial charge in [-0.1, -0.05) is 57.5 Å². The Hall–Kier alpha value is -2.57. The van der Waals surface area contributed by atoms with Crippen LogP contribution < -0.4 is 16.2 Å². The van der Waals surface area contributed by atoms with E-state index in [0.29, 0.717) is 43.2 Å². The summed E-state index contributed by atoms with van der Waals surface area (Å²) in [4.78, 5) is 13.5. The number of ether oxygens (including phenoxy) is 1. The standard InChI is InChI=1S/C27H37N3O3/c1-18(2)22-11-9-19(3)15-23(22)26(31)30-24-12-10-21(33-17-20-7-5-4-6-8-20)16-25(24)29(14-13-28)27(30)32/h4-8,10,12,16,18-19,22-23,26,31H,9,11,13-15,17,28H2,1-3H3/t19-,22+,23-,26+/m1/s1. The van der Waals surface area contributed by atoms with E-state index in [1.807, 2.05) is 48.5 Å². The Balaban J connectivity index is 1.70. The lowest BCUT2D eigenvalue weighted by molar-refractivity contribution is -0.0297. The number of fused-ring (bicyclic) bond motifs is 1. The van der Waals surface area contributed by atoms with Gasteiger partial charge in [0, 0.05) is 25.1 Å². The number of nitrogens with zero attached hydrogens (tertiary/aromatic N) is 2. The van der Waals surface area contributed by atoms with Crippen molar-refractivity contribution in [2.24, 2.45) is 29.4 Å². The molecule has 1 fully saturated rings. The maximum Gasteiger partial charge on any atom is 0.331 e. The van der Waals surface area contributed by atoms with Gasteiger partial charge < -0.3 is 15.6 Å². The number of rotatable bonds is 8. The predicted molar refractivity (Wildman–Crippen MR) is 132 cm³/mol. The van der Waals surface area contributed by atoms with Crippen LogP contribution in [0.3, 0.4) is 0 Å². The normalized spacial score (nSPS) is 22.1. The van der Waals surface area contributed by atoms with Crippen LogP contribution in [-0.4, -0.2) is 20.8 Å². The van der Waals surface area contributed by atoms with Gasteiger partial charge in [0.25, 0.3) is 0 Å². The first-order chi connectivity index (χ1) is 15.9. The average molecular weight is 452 g/mol. The van der Waals surface area contributed by atoms with E-state index in [9.17, 15) is 9.90 Å². The monoisotopic (exact) mass is 451 g/mol. The van der Waals surface area contributed by atoms with Crippen LogP contribution in [0.2, 0.25) is 0 Å². The minimum Gasteiger partial charge on any atom is -0.489 e. The van der Waals surface area contributed by atoms with E-state index >= 15 is 0 Å². The smallest absolute Gasteiger partial charge is 0.331 e. The second kappa shape index (κ2) is 10.1. The average Bonchev–Trinajstić information content (AvgIpc) is 3.08. The minimum atomic E-state index is -0.856. The van der Waals surface area contributed by atoms with Crippen LogP contribution in [-0.2, 0) is 13.2 Å². The topological polar surface area (TPSA) is 82.4 Å². The molecule has 6 heteroatoms. The summed E-state index contributed by atoms with van der Waals surface area (Å²) in [7, 11) is 0. The quantitative estimate of drug-likeness (QED) is 0.527. The summed E-state index contributed by atoms with van der Waals surface area (Å²) < 4.78 is 9.26. The van der Waals surface area contributed by atoms with Crippen LogP contribution in [0.1, 0.15) is 51.8 Å². The molecule has 4 atom stereocenters. The summed E-state index contributed by atoms with van der Waals surface area (Å²) in [5.41, 5.74) is 8.19. The van der Waals surface area contributed by atoms with Crippen LogP contribution in [0.25, 0.3) is 11.0 Å². The van der Waals surface area contributed by atoms with E-state index < -0.39 is 6.23 Å². The third-order valence-electron chi connectivity index (χ3n) is 7.26. The highest BCUT2D eigenvalue weighted by Gasteiger charge is 2.37. The third kappa shape index (κ3) is 4.87. The number of nitrogens with two attached hydrogens (primary N) is 1. The Kier molecular flexibility index (Phi) is 7.25. The molecule has 3 N–H and O–H groups in total. The predicted octanol–water partition coefficient (Wildman–Crippen LogP) is 4.54. The molecule has 1 aliphatic carbocycles. The van der Waals surface area contributed by atoms with Crippen molar-refractivity contribution >= 4 is 11.0 Å². The van der Waals surface area contributed by atoms with Crippen LogP contribution in [0.15, 0.2) is 53.3 Å². The minimum absolute atomic E-state index is 0.0531. The van der Waals surface area contributed by atoms with Crippen LogP contribution in [0.4, 0.5) is 0 Å². The zero-order valence-electron chi connectivity index (χ0n) is 20.0. The number of benzene rings is 2. The number of hydrogen-bond donors (Lipinski definition) is 2. The molecule has 178 valence electrons. The van der Waals surface area contributed by atoms with E-state index in [1.165, 1.54) is 6.42 Å². The lowest BCUT2D eigenvalue weighted by Crippen LogP contribution is -2.38. The third-order valence-corrected chi connectivity index (χ3v) is 7.26. The number of aliphatic hydroxyl groups is 1. The molecular weight excluding hydrogens is 414 g/mol. The molecule has 0 aliphatic heterocycles. The molecule has 1 aromatic heterocycles. The molecule has 0 radical (unpaired) electrons. The van der Waals surface area contributed by atoms with Gasteiger partial charge in [-0.3, -0.25) is 9.13 Å². The van der Waals surface area contributed by atoms with Gasteiger partial charge in [0.15, 0.2) is 0 Å². The van der Waals surface area contributed by atoms with Crippen molar-refractivity contribution in [3.05, 3.63) is 64.6 Å². The second-order valence-corrected chi connectivity index (χ2v) is 9.92. The van der Waals surface area contributed by atoms with Crippen molar-refractivity contribution < 1.29 is 9.84 Å². The van der Waals surface area contributed by atoms with Crippen LogP contribution in [0, 0.1) is 23.7 Å². The number of aromatic nitrogens is 2. The Labute approximate surface area is 196 Å². The molecule has 0 amide bonds. The Morgan fingerprint density at radius 3 is 2.55 bits per heavy atom. The molecule has 6 nitrogen and oxygen atoms in total. The molecule has 4 rings (SSSR count). The zero-order chi connectivity index (χ0) is 23.5. The molecule has 0 bridgehead atoms. The summed E-state index contributed by atoms with van der Waals surface area (Å²) in [6.45, 7) is 7.87. The molecule has 1 aliphatic rings. The molecule has 0 spiro atoms. The fourth-order valence-electron chi connectivity index (χ4n) is 5.50. The lowest BCUT2D eigenvalue weighted by Gasteiger charge is -2.40. The maximum absolute atomic E-state index is 13.5. The van der Waals surface area contributed by atoms with E-state index in [1.54, 1.807) is 9.13 Å². The van der Waals surface area contributed by atoms with Crippen molar-refractivity contribution in [2.75, 3.05) is 6.54 Å². The molecule has 1 heterocycles. The number of hydrogen-bond acceptors (Lipinski definition) is 4. The highest BCUT2D eigenvalue weighted by atomic mass is 16.5. The first-order valence-electron chi connectivity index (χ1n) is 12.2. The van der Waals surface area contributed by atoms with Crippen LogP contribution in [0.5, 0.6) is 5.75 Å². The molecule has 1 saturated carbocycles. The first kappa shape index (κ1) is 23.6. The summed E-state index contributed by atoms with van der Waals surface area (Å²) >= 11 is 0. The molecule has 0 unspecified atom stereocenters. The first-order valence-corrected chi connectivity index (χ1v) is 12.2. The Morgan fingerprint density at radius 1 is 1.09 bits per heavy atom. The van der Waals surface area contributed by atoms with E-state index in [2.05, 4.69) is 20.8 Å². The highest BCUT2D eigenvalue weighted by Crippen LogP contribution is 2.43. The fraction of sp³-hybridized carbons (Fsp3) is 0.519. The van der Waals surface area contributed by atoms with Crippen molar-refractivity contribution in [2.45, 2.75) is 59.4 Å². The van der Waals surface area contributed by atoms with Gasteiger partial charge in [-0.05, 0) is 48.3 Å². The Bertz CT molecular complexity index is 1120. The highest BCUT2D eigenvalue weighted by molar-refractivity contribution is 5.78. The summed E-state index contributed by atoms with van der Waals surface area (Å²) in [6, 6.07) is 15.7. The SMILES string of the molecule is CC(C)[C@@H]1CC[C@@H](C)C[C@H]1[C@H](O)n1c(=O)n(CCN)c2cc(OCc3ccccc3)ccc21. The summed E-state index contributed by atoms with van der Waals surface area (Å²) in [6.07, 6.45) is 2.34. The van der Waals surface area contributed by atoms with Crippen LogP contribution >= 0.6 is 0 Å². The number of imidazole rings is 1. The molecule has 2 aromatic carbocycles. The van der Waals surface area contributed by atoms with E-state index in [4.69, 9.17) is 10.5 Å². The largest absolute Gasteiger partial charge is 0.489 e. The zero-order valence-corrected chi connectivity index (χ0v) is 20.0. The molecule has 3 aromatic rings. The Morgan fingerprint density at radius 2 is 1.85 bits per heavy atom.